The molecule has 0 bridgehead atoms. The fourth-order valence-electron chi connectivity index (χ4n) is 1.79. The molecule has 2 aromatic heterocycles. The lowest BCUT2D eigenvalue weighted by molar-refractivity contribution is 0.389. The largest absolute Gasteiger partial charge is 0.480 e. The zero-order chi connectivity index (χ0) is 13.7. The second-order valence-electron chi connectivity index (χ2n) is 3.98. The topological polar surface area (TPSA) is 104 Å². The van der Waals surface area contributed by atoms with Crippen molar-refractivity contribution in [1.82, 2.24) is 30.6 Å². The normalized spacial score (nSPS) is 12.4. The minimum Gasteiger partial charge on any atom is -0.480 e. The first-order valence-electron chi connectivity index (χ1n) is 6.02. The predicted octanol–water partition coefficient (Wildman–Crippen LogP) is 0.0394. The van der Waals surface area contributed by atoms with Crippen LogP contribution in [0.2, 0.25) is 0 Å². The third-order valence-electron chi connectivity index (χ3n) is 2.71. The molecule has 8 nitrogen and oxygen atoms in total. The molecule has 0 aromatic carbocycles. The molecule has 102 valence electrons. The van der Waals surface area contributed by atoms with Crippen molar-refractivity contribution in [3.8, 4) is 5.88 Å². The average Bonchev–Trinajstić information content (AvgIpc) is 2.89. The molecular formula is C11H17N7O. The summed E-state index contributed by atoms with van der Waals surface area (Å²) in [4.78, 5) is 0. The van der Waals surface area contributed by atoms with Crippen LogP contribution in [0.25, 0.3) is 0 Å². The highest BCUT2D eigenvalue weighted by atomic mass is 16.5. The van der Waals surface area contributed by atoms with Gasteiger partial charge >= 0.3 is 0 Å². The van der Waals surface area contributed by atoms with Crippen LogP contribution in [0.15, 0.2) is 18.3 Å². The molecule has 2 rings (SSSR count). The van der Waals surface area contributed by atoms with Gasteiger partial charge in [0.15, 0.2) is 0 Å². The lowest BCUT2D eigenvalue weighted by Gasteiger charge is -2.15. The molecule has 2 aromatic rings. The van der Waals surface area contributed by atoms with E-state index in [9.17, 15) is 0 Å². The van der Waals surface area contributed by atoms with Crippen molar-refractivity contribution in [2.75, 3.05) is 7.11 Å². The van der Waals surface area contributed by atoms with E-state index in [4.69, 9.17) is 10.6 Å². The van der Waals surface area contributed by atoms with Gasteiger partial charge < -0.3 is 4.74 Å². The van der Waals surface area contributed by atoms with Gasteiger partial charge in [0.25, 0.3) is 0 Å². The number of hydrazine groups is 1. The van der Waals surface area contributed by atoms with Gasteiger partial charge in [-0.25, -0.2) is 10.1 Å². The van der Waals surface area contributed by atoms with Gasteiger partial charge in [-0.1, -0.05) is 12.1 Å². The van der Waals surface area contributed by atoms with Crippen molar-refractivity contribution in [3.05, 3.63) is 29.7 Å². The molecule has 1 unspecified atom stereocenters. The molecule has 0 saturated heterocycles. The van der Waals surface area contributed by atoms with Gasteiger partial charge in [0, 0.05) is 12.6 Å². The van der Waals surface area contributed by atoms with Gasteiger partial charge in [0.1, 0.15) is 6.04 Å². The number of hydrogen-bond acceptors (Lipinski definition) is 7. The minimum atomic E-state index is -0.306. The number of hydrogen-bond donors (Lipinski definition) is 2. The van der Waals surface area contributed by atoms with Crippen LogP contribution in [-0.2, 0) is 6.54 Å². The summed E-state index contributed by atoms with van der Waals surface area (Å²) in [6, 6.07) is 3.24. The maximum atomic E-state index is 5.61. The summed E-state index contributed by atoms with van der Waals surface area (Å²) in [5, 5.41) is 16.0. The standard InChI is InChI=1S/C11H17N7O/c1-3-6-18-9(7-13-17-18)11(14-12)8-4-5-10(19-2)16-15-8/h4-5,7,11,14H,3,6,12H2,1-2H3. The molecule has 0 amide bonds. The van der Waals surface area contributed by atoms with E-state index in [1.807, 2.05) is 0 Å². The smallest absolute Gasteiger partial charge is 0.233 e. The second-order valence-corrected chi connectivity index (χ2v) is 3.98. The van der Waals surface area contributed by atoms with Crippen LogP contribution in [-0.4, -0.2) is 32.3 Å². The highest BCUT2D eigenvalue weighted by Crippen LogP contribution is 2.19. The van der Waals surface area contributed by atoms with E-state index in [0.717, 1.165) is 18.7 Å². The highest BCUT2D eigenvalue weighted by Gasteiger charge is 2.19. The molecule has 8 heteroatoms. The average molecular weight is 263 g/mol. The number of aryl methyl sites for hydroxylation is 1. The summed E-state index contributed by atoms with van der Waals surface area (Å²) >= 11 is 0. The maximum Gasteiger partial charge on any atom is 0.233 e. The van der Waals surface area contributed by atoms with Crippen molar-refractivity contribution in [1.29, 1.82) is 0 Å². The Balaban J connectivity index is 2.29. The molecule has 0 aliphatic heterocycles. The monoisotopic (exact) mass is 263 g/mol. The van der Waals surface area contributed by atoms with Crippen LogP contribution < -0.4 is 16.0 Å². The van der Waals surface area contributed by atoms with Crippen LogP contribution in [0, 0.1) is 0 Å². The Morgan fingerprint density at radius 3 is 2.84 bits per heavy atom. The van der Waals surface area contributed by atoms with Crippen LogP contribution in [0.5, 0.6) is 5.88 Å². The van der Waals surface area contributed by atoms with E-state index in [1.54, 1.807) is 30.1 Å². The SMILES string of the molecule is CCCn1nncc1C(NN)c1ccc(OC)nn1. The third-order valence-corrected chi connectivity index (χ3v) is 2.71. The number of nitrogens with two attached hydrogens (primary N) is 1. The molecule has 0 spiro atoms. The van der Waals surface area contributed by atoms with E-state index in [0.29, 0.717) is 11.6 Å². The fraction of sp³-hybridized carbons (Fsp3) is 0.455. The summed E-state index contributed by atoms with van der Waals surface area (Å²) in [5.41, 5.74) is 4.25. The van der Waals surface area contributed by atoms with Crippen molar-refractivity contribution in [2.45, 2.75) is 25.9 Å². The molecule has 0 saturated carbocycles. The molecule has 0 fully saturated rings. The predicted molar refractivity (Wildman–Crippen MR) is 68.1 cm³/mol. The minimum absolute atomic E-state index is 0.306. The molecule has 19 heavy (non-hydrogen) atoms. The van der Waals surface area contributed by atoms with Crippen molar-refractivity contribution in [3.63, 3.8) is 0 Å². The summed E-state index contributed by atoms with van der Waals surface area (Å²) < 4.78 is 6.78. The van der Waals surface area contributed by atoms with Crippen molar-refractivity contribution >= 4 is 0 Å². The molecule has 0 aliphatic rings. The van der Waals surface area contributed by atoms with Gasteiger partial charge in [-0.3, -0.25) is 5.84 Å². The second kappa shape index (κ2) is 6.21. The molecule has 0 radical (unpaired) electrons. The third kappa shape index (κ3) is 2.85. The summed E-state index contributed by atoms with van der Waals surface area (Å²) in [6.45, 7) is 2.85. The van der Waals surface area contributed by atoms with Gasteiger partial charge in [0.2, 0.25) is 5.88 Å². The van der Waals surface area contributed by atoms with Gasteiger partial charge in [-0.2, -0.15) is 0 Å². The Bertz CT molecular complexity index is 510. The number of aromatic nitrogens is 5. The zero-order valence-electron chi connectivity index (χ0n) is 10.9. The Morgan fingerprint density at radius 2 is 2.26 bits per heavy atom. The van der Waals surface area contributed by atoms with Crippen LogP contribution in [0.3, 0.4) is 0 Å². The first kappa shape index (κ1) is 13.4. The summed E-state index contributed by atoms with van der Waals surface area (Å²) in [7, 11) is 1.54. The zero-order valence-corrected chi connectivity index (χ0v) is 10.9. The Hall–Kier alpha value is -2.06. The Morgan fingerprint density at radius 1 is 1.42 bits per heavy atom. The molecule has 1 atom stereocenters. The van der Waals surface area contributed by atoms with Gasteiger partial charge in [-0.15, -0.1) is 15.3 Å². The van der Waals surface area contributed by atoms with Crippen molar-refractivity contribution < 1.29 is 4.74 Å². The van der Waals surface area contributed by atoms with Gasteiger partial charge in [0.05, 0.1) is 24.7 Å². The Kier molecular flexibility index (Phi) is 4.37. The van der Waals surface area contributed by atoms with E-state index < -0.39 is 0 Å². The molecular weight excluding hydrogens is 246 g/mol. The summed E-state index contributed by atoms with van der Waals surface area (Å²) in [5.74, 6) is 6.07. The molecule has 3 N–H and O–H groups in total. The molecule has 0 aliphatic carbocycles. The van der Waals surface area contributed by atoms with Crippen LogP contribution >= 0.6 is 0 Å². The van der Waals surface area contributed by atoms with Crippen molar-refractivity contribution in [2.24, 2.45) is 5.84 Å². The highest BCUT2D eigenvalue weighted by molar-refractivity contribution is 5.21. The van der Waals surface area contributed by atoms with Crippen LogP contribution in [0.1, 0.15) is 30.8 Å². The number of rotatable bonds is 6. The summed E-state index contributed by atoms with van der Waals surface area (Å²) in [6.07, 6.45) is 2.63. The maximum absolute atomic E-state index is 5.61. The number of nitrogens with one attached hydrogen (secondary N) is 1. The number of nitrogens with zero attached hydrogens (tertiary/aromatic N) is 5. The lowest BCUT2D eigenvalue weighted by Crippen LogP contribution is -2.31. The Labute approximate surface area is 110 Å². The van der Waals surface area contributed by atoms with Gasteiger partial charge in [-0.05, 0) is 12.5 Å². The van der Waals surface area contributed by atoms with E-state index in [1.165, 1.54) is 0 Å². The quantitative estimate of drug-likeness (QED) is 0.560. The first-order chi connectivity index (χ1) is 9.30. The van der Waals surface area contributed by atoms with E-state index in [2.05, 4.69) is 32.9 Å². The lowest BCUT2D eigenvalue weighted by atomic mass is 10.1. The number of ether oxygens (including phenoxy) is 1. The van der Waals surface area contributed by atoms with E-state index >= 15 is 0 Å². The van der Waals surface area contributed by atoms with Crippen LogP contribution in [0.4, 0.5) is 0 Å². The number of methoxy groups -OCH3 is 1. The first-order valence-corrected chi connectivity index (χ1v) is 6.02. The fourth-order valence-corrected chi connectivity index (χ4v) is 1.79. The van der Waals surface area contributed by atoms with E-state index in [-0.39, 0.29) is 6.04 Å². The molecule has 2 heterocycles.